The summed E-state index contributed by atoms with van der Waals surface area (Å²) in [5, 5.41) is 0. The van der Waals surface area contributed by atoms with Gasteiger partial charge in [-0.15, -0.1) is 0 Å². The molecule has 0 amide bonds. The van der Waals surface area contributed by atoms with Gasteiger partial charge >= 0.3 is 6.18 Å². The Morgan fingerprint density at radius 3 is 2.36 bits per heavy atom. The molecular weight excluding hydrogens is 268 g/mol. The van der Waals surface area contributed by atoms with Crippen LogP contribution in [0.3, 0.4) is 0 Å². The zero-order valence-electron chi connectivity index (χ0n) is 5.79. The molecule has 0 radical (unpaired) electrons. The highest BCUT2D eigenvalue weighted by Crippen LogP contribution is 2.36. The Hall–Kier alpha value is 0.260. The first kappa shape index (κ1) is 9.35. The maximum Gasteiger partial charge on any atom is 0.421 e. The summed E-state index contributed by atoms with van der Waals surface area (Å²) in [6.45, 7) is 0. The second-order valence-electron chi connectivity index (χ2n) is 2.73. The molecule has 1 rings (SSSR count). The van der Waals surface area contributed by atoms with Crippen molar-refractivity contribution in [2.45, 2.75) is 25.4 Å². The predicted molar refractivity (Wildman–Crippen MR) is 45.5 cm³/mol. The molecule has 1 saturated carbocycles. The molecule has 0 aromatic rings. The highest BCUT2D eigenvalue weighted by Gasteiger charge is 2.32. The molecule has 1 fully saturated rings. The second-order valence-corrected chi connectivity index (χ2v) is 3.89. The van der Waals surface area contributed by atoms with Gasteiger partial charge in [-0.3, -0.25) is 0 Å². The van der Waals surface area contributed by atoms with E-state index in [0.717, 1.165) is 12.8 Å². The molecule has 0 atom stereocenters. The van der Waals surface area contributed by atoms with E-state index in [0.29, 0.717) is 12.3 Å². The Bertz CT molecular complexity index is 167. The lowest BCUT2D eigenvalue weighted by Gasteiger charge is -2.03. The SMILES string of the molecule is FC(F)(F)/C(I)=C/CC1CC1. The number of hydrogen-bond acceptors (Lipinski definition) is 0. The van der Waals surface area contributed by atoms with Gasteiger partial charge in [-0.25, -0.2) is 0 Å². The Morgan fingerprint density at radius 2 is 2.00 bits per heavy atom. The highest BCUT2D eigenvalue weighted by atomic mass is 127. The minimum Gasteiger partial charge on any atom is -0.166 e. The van der Waals surface area contributed by atoms with E-state index in [2.05, 4.69) is 0 Å². The van der Waals surface area contributed by atoms with E-state index in [-0.39, 0.29) is 0 Å². The summed E-state index contributed by atoms with van der Waals surface area (Å²) < 4.78 is 35.0. The molecule has 0 aromatic heterocycles. The van der Waals surface area contributed by atoms with Crippen LogP contribution in [0.5, 0.6) is 0 Å². The van der Waals surface area contributed by atoms with Crippen LogP contribution in [0.15, 0.2) is 9.66 Å². The number of hydrogen-bond donors (Lipinski definition) is 0. The third kappa shape index (κ3) is 3.44. The summed E-state index contributed by atoms with van der Waals surface area (Å²) in [5.74, 6) is 0.530. The fourth-order valence-electron chi connectivity index (χ4n) is 0.739. The predicted octanol–water partition coefficient (Wildman–Crippen LogP) is 3.67. The molecule has 11 heavy (non-hydrogen) atoms. The second kappa shape index (κ2) is 3.33. The third-order valence-corrected chi connectivity index (χ3v) is 2.65. The van der Waals surface area contributed by atoms with Crippen LogP contribution >= 0.6 is 22.6 Å². The van der Waals surface area contributed by atoms with Gasteiger partial charge in [0.1, 0.15) is 0 Å². The van der Waals surface area contributed by atoms with E-state index < -0.39 is 9.76 Å². The van der Waals surface area contributed by atoms with Crippen LogP contribution in [0.2, 0.25) is 0 Å². The lowest BCUT2D eigenvalue weighted by molar-refractivity contribution is -0.0819. The summed E-state index contributed by atoms with van der Waals surface area (Å²) in [4.78, 5) is 0. The van der Waals surface area contributed by atoms with Gasteiger partial charge in [-0.1, -0.05) is 6.08 Å². The zero-order chi connectivity index (χ0) is 8.48. The average molecular weight is 276 g/mol. The van der Waals surface area contributed by atoms with Crippen molar-refractivity contribution in [1.82, 2.24) is 0 Å². The maximum atomic E-state index is 11.8. The molecule has 0 spiro atoms. The fraction of sp³-hybridized carbons (Fsp3) is 0.714. The van der Waals surface area contributed by atoms with Crippen LogP contribution in [0, 0.1) is 5.92 Å². The summed E-state index contributed by atoms with van der Waals surface area (Å²) in [6.07, 6.45) is -0.0536. The van der Waals surface area contributed by atoms with Crippen LogP contribution in [0.25, 0.3) is 0 Å². The van der Waals surface area contributed by atoms with E-state index in [4.69, 9.17) is 0 Å². The fourth-order valence-corrected chi connectivity index (χ4v) is 0.994. The van der Waals surface area contributed by atoms with E-state index in [9.17, 15) is 13.2 Å². The van der Waals surface area contributed by atoms with E-state index >= 15 is 0 Å². The average Bonchev–Trinajstić information content (AvgIpc) is 2.62. The standard InChI is InChI=1S/C7H8F3I/c8-7(9,10)6(11)4-3-5-1-2-5/h4-5H,1-3H2/b6-4-. The Kier molecular flexibility index (Phi) is 2.83. The largest absolute Gasteiger partial charge is 0.421 e. The van der Waals surface area contributed by atoms with Crippen molar-refractivity contribution in [1.29, 1.82) is 0 Å². The summed E-state index contributed by atoms with van der Waals surface area (Å²) in [5.41, 5.74) is 0. The van der Waals surface area contributed by atoms with E-state index in [1.807, 2.05) is 0 Å². The highest BCUT2D eigenvalue weighted by molar-refractivity contribution is 14.1. The van der Waals surface area contributed by atoms with Gasteiger partial charge in [0.2, 0.25) is 0 Å². The van der Waals surface area contributed by atoms with Gasteiger partial charge in [0.15, 0.2) is 0 Å². The number of allylic oxidation sites excluding steroid dienone is 2. The molecule has 0 heterocycles. The quantitative estimate of drug-likeness (QED) is 0.675. The molecule has 0 nitrogen and oxygen atoms in total. The van der Waals surface area contributed by atoms with Crippen molar-refractivity contribution in [2.75, 3.05) is 0 Å². The minimum atomic E-state index is -4.13. The van der Waals surface area contributed by atoms with Crippen LogP contribution in [0.1, 0.15) is 19.3 Å². The lowest BCUT2D eigenvalue weighted by Crippen LogP contribution is -2.06. The van der Waals surface area contributed by atoms with Crippen molar-refractivity contribution in [3.63, 3.8) is 0 Å². The van der Waals surface area contributed by atoms with Crippen LogP contribution in [-0.4, -0.2) is 6.18 Å². The monoisotopic (exact) mass is 276 g/mol. The molecule has 1 aliphatic carbocycles. The molecule has 0 unspecified atom stereocenters. The molecule has 0 aromatic carbocycles. The normalized spacial score (nSPS) is 20.5. The summed E-state index contributed by atoms with van der Waals surface area (Å²) >= 11 is 1.35. The van der Waals surface area contributed by atoms with Crippen LogP contribution in [-0.2, 0) is 0 Å². The third-order valence-electron chi connectivity index (χ3n) is 1.60. The van der Waals surface area contributed by atoms with Gasteiger partial charge in [-0.05, 0) is 47.8 Å². The number of rotatable bonds is 2. The van der Waals surface area contributed by atoms with Crippen molar-refractivity contribution in [2.24, 2.45) is 5.92 Å². The van der Waals surface area contributed by atoms with Crippen molar-refractivity contribution >= 4 is 22.6 Å². The lowest BCUT2D eigenvalue weighted by atomic mass is 10.3. The van der Waals surface area contributed by atoms with Crippen molar-refractivity contribution in [3.8, 4) is 0 Å². The zero-order valence-corrected chi connectivity index (χ0v) is 7.95. The molecule has 0 aliphatic heterocycles. The van der Waals surface area contributed by atoms with Gasteiger partial charge < -0.3 is 0 Å². The first-order chi connectivity index (χ1) is 5.00. The van der Waals surface area contributed by atoms with Crippen molar-refractivity contribution in [3.05, 3.63) is 9.66 Å². The molecule has 4 heteroatoms. The van der Waals surface area contributed by atoms with E-state index in [1.165, 1.54) is 28.7 Å². The van der Waals surface area contributed by atoms with Gasteiger partial charge in [0.05, 0.1) is 3.58 Å². The Labute approximate surface area is 77.0 Å². The molecule has 0 bridgehead atoms. The first-order valence-electron chi connectivity index (χ1n) is 3.43. The molecule has 0 saturated heterocycles. The summed E-state index contributed by atoms with van der Waals surface area (Å²) in [7, 11) is 0. The molecule has 1 aliphatic rings. The van der Waals surface area contributed by atoms with Gasteiger partial charge in [-0.2, -0.15) is 13.2 Å². The first-order valence-corrected chi connectivity index (χ1v) is 4.51. The van der Waals surface area contributed by atoms with Gasteiger partial charge in [0, 0.05) is 0 Å². The maximum absolute atomic E-state index is 11.8. The number of alkyl halides is 3. The summed E-state index contributed by atoms with van der Waals surface area (Å²) in [6, 6.07) is 0. The smallest absolute Gasteiger partial charge is 0.166 e. The van der Waals surface area contributed by atoms with Crippen LogP contribution < -0.4 is 0 Å². The van der Waals surface area contributed by atoms with E-state index in [1.54, 1.807) is 0 Å². The van der Waals surface area contributed by atoms with Gasteiger partial charge in [0.25, 0.3) is 0 Å². The molecular formula is C7H8F3I. The molecule has 0 N–H and O–H groups in total. The topological polar surface area (TPSA) is 0 Å². The Morgan fingerprint density at radius 1 is 1.45 bits per heavy atom. The number of halogens is 4. The Balaban J connectivity index is 2.37. The minimum absolute atomic E-state index is 0.484. The molecule has 64 valence electrons. The van der Waals surface area contributed by atoms with Crippen molar-refractivity contribution < 1.29 is 13.2 Å². The van der Waals surface area contributed by atoms with Crippen LogP contribution in [0.4, 0.5) is 13.2 Å².